The van der Waals surface area contributed by atoms with Gasteiger partial charge < -0.3 is 10.0 Å². The summed E-state index contributed by atoms with van der Waals surface area (Å²) < 4.78 is 0.914. The summed E-state index contributed by atoms with van der Waals surface area (Å²) in [4.78, 5) is 38.5. The second-order valence-corrected chi connectivity index (χ2v) is 7.44. The first kappa shape index (κ1) is 16.2. The van der Waals surface area contributed by atoms with Crippen molar-refractivity contribution >= 4 is 73.3 Å². The first-order valence-electron chi connectivity index (χ1n) is 6.39. The van der Waals surface area contributed by atoms with E-state index in [-0.39, 0.29) is 20.7 Å². The van der Waals surface area contributed by atoms with Crippen molar-refractivity contribution in [1.29, 1.82) is 0 Å². The van der Waals surface area contributed by atoms with Gasteiger partial charge in [0, 0.05) is 17.1 Å². The van der Waals surface area contributed by atoms with E-state index in [0.717, 1.165) is 21.1 Å². The Morgan fingerprint density at radius 2 is 2.04 bits per heavy atom. The van der Waals surface area contributed by atoms with Crippen molar-refractivity contribution in [3.8, 4) is 0 Å². The molecule has 118 valence electrons. The largest absolute Gasteiger partial charge is 0.480 e. The zero-order valence-corrected chi connectivity index (χ0v) is 14.9. The van der Waals surface area contributed by atoms with Crippen LogP contribution in [-0.2, 0) is 14.4 Å². The second-order valence-electron chi connectivity index (χ2n) is 4.88. The Labute approximate surface area is 149 Å². The lowest BCUT2D eigenvalue weighted by Crippen LogP contribution is -2.33. The number of halogens is 1. The van der Waals surface area contributed by atoms with E-state index in [9.17, 15) is 14.4 Å². The van der Waals surface area contributed by atoms with Crippen LogP contribution in [0.5, 0.6) is 0 Å². The number of anilines is 1. The molecular formula is C14H9BrN2O4S2. The number of fused-ring (bicyclic) bond motifs is 1. The molecule has 2 heterocycles. The Morgan fingerprint density at radius 3 is 2.70 bits per heavy atom. The number of carbonyl (C=O) groups is 3. The van der Waals surface area contributed by atoms with Gasteiger partial charge in [-0.15, -0.1) is 0 Å². The highest BCUT2D eigenvalue weighted by Crippen LogP contribution is 2.44. The lowest BCUT2D eigenvalue weighted by molar-refractivity contribution is -0.140. The molecule has 1 N–H and O–H groups in total. The molecule has 1 fully saturated rings. The molecule has 1 saturated heterocycles. The van der Waals surface area contributed by atoms with Crippen molar-refractivity contribution in [2.45, 2.75) is 0 Å². The van der Waals surface area contributed by atoms with Crippen LogP contribution in [0.25, 0.3) is 5.57 Å². The van der Waals surface area contributed by atoms with Crippen molar-refractivity contribution in [2.24, 2.45) is 0 Å². The van der Waals surface area contributed by atoms with Crippen LogP contribution in [0.4, 0.5) is 5.69 Å². The number of amides is 2. The summed E-state index contributed by atoms with van der Waals surface area (Å²) in [5.41, 5.74) is 1.58. The average Bonchev–Trinajstić information content (AvgIpc) is 2.87. The summed E-state index contributed by atoms with van der Waals surface area (Å²) in [5.74, 6) is -2.02. The summed E-state index contributed by atoms with van der Waals surface area (Å²) >= 11 is 9.39. The van der Waals surface area contributed by atoms with Gasteiger partial charge in [0.25, 0.3) is 11.8 Å². The third kappa shape index (κ3) is 2.58. The first-order valence-corrected chi connectivity index (χ1v) is 8.40. The number of thiocarbonyl (C=S) groups is 1. The van der Waals surface area contributed by atoms with Crippen LogP contribution in [0, 0.1) is 0 Å². The van der Waals surface area contributed by atoms with Gasteiger partial charge in [0.15, 0.2) is 0 Å². The maximum atomic E-state index is 12.6. The fourth-order valence-corrected chi connectivity index (χ4v) is 4.12. The van der Waals surface area contributed by atoms with E-state index in [0.29, 0.717) is 11.3 Å². The highest BCUT2D eigenvalue weighted by Gasteiger charge is 2.41. The molecule has 2 amide bonds. The van der Waals surface area contributed by atoms with Crippen LogP contribution in [0.2, 0.25) is 0 Å². The number of thioether (sulfide) groups is 1. The summed E-state index contributed by atoms with van der Waals surface area (Å²) in [6.07, 6.45) is 0. The fraction of sp³-hybridized carbons (Fsp3) is 0.143. The summed E-state index contributed by atoms with van der Waals surface area (Å²) in [7, 11) is 1.63. The minimum atomic E-state index is -1.16. The normalized spacial score (nSPS) is 20.5. The number of aliphatic carboxylic acids is 1. The van der Waals surface area contributed by atoms with Crippen LogP contribution in [0.15, 0.2) is 27.6 Å². The molecule has 6 nitrogen and oxygen atoms in total. The number of nitrogens with zero attached hydrogens (tertiary/aromatic N) is 2. The van der Waals surface area contributed by atoms with E-state index in [4.69, 9.17) is 17.3 Å². The molecular weight excluding hydrogens is 404 g/mol. The Balaban J connectivity index is 2.14. The molecule has 9 heteroatoms. The molecule has 1 aromatic rings. The molecule has 2 aliphatic rings. The van der Waals surface area contributed by atoms with Crippen LogP contribution < -0.4 is 4.90 Å². The van der Waals surface area contributed by atoms with E-state index in [1.54, 1.807) is 25.2 Å². The molecule has 0 bridgehead atoms. The van der Waals surface area contributed by atoms with Gasteiger partial charge in [-0.2, -0.15) is 0 Å². The molecule has 0 radical (unpaired) electrons. The predicted octanol–water partition coefficient (Wildman–Crippen LogP) is 2.08. The molecule has 0 aliphatic carbocycles. The standard InChI is InChI=1S/C14H9BrN2O4S2/c1-16-8-3-2-6(15)4-7(8)10(12(16)20)11-13(21)17(5-9(18)19)14(22)23-11/h2-4H,5H2,1H3,(H,18,19)/b11-10-. The number of carboxylic acids is 1. The topological polar surface area (TPSA) is 77.9 Å². The van der Waals surface area contributed by atoms with Crippen LogP contribution in [0.3, 0.4) is 0 Å². The quantitative estimate of drug-likeness (QED) is 0.591. The predicted molar refractivity (Wildman–Crippen MR) is 94.0 cm³/mol. The maximum Gasteiger partial charge on any atom is 0.323 e. The van der Waals surface area contributed by atoms with Gasteiger partial charge in [-0.1, -0.05) is 39.9 Å². The molecule has 0 aromatic heterocycles. The van der Waals surface area contributed by atoms with E-state index in [1.807, 2.05) is 0 Å². The Morgan fingerprint density at radius 1 is 1.35 bits per heavy atom. The summed E-state index contributed by atoms with van der Waals surface area (Å²) in [6.45, 7) is -0.517. The van der Waals surface area contributed by atoms with Crippen molar-refractivity contribution in [2.75, 3.05) is 18.5 Å². The van der Waals surface area contributed by atoms with Crippen LogP contribution in [0.1, 0.15) is 5.56 Å². The number of carboxylic acid groups (broad SMARTS) is 1. The first-order chi connectivity index (χ1) is 10.8. The SMILES string of the molecule is CN1C(=O)/C(=C2\SC(=S)N(CC(=O)O)C2=O)c2cc(Br)ccc21. The molecule has 0 saturated carbocycles. The smallest absolute Gasteiger partial charge is 0.323 e. The third-order valence-corrected chi connectivity index (χ3v) is 5.42. The Hall–Kier alpha value is -1.71. The minimum Gasteiger partial charge on any atom is -0.480 e. The number of carbonyl (C=O) groups excluding carboxylic acids is 2. The van der Waals surface area contributed by atoms with Crippen molar-refractivity contribution in [3.05, 3.63) is 33.1 Å². The average molecular weight is 413 g/mol. The Bertz CT molecular complexity index is 821. The zero-order chi connectivity index (χ0) is 16.9. The molecule has 1 aromatic carbocycles. The molecule has 3 rings (SSSR count). The molecule has 2 aliphatic heterocycles. The number of rotatable bonds is 2. The molecule has 0 spiro atoms. The second kappa shape index (κ2) is 5.73. The van der Waals surface area contributed by atoms with Gasteiger partial charge in [-0.05, 0) is 18.2 Å². The van der Waals surface area contributed by atoms with Gasteiger partial charge >= 0.3 is 5.97 Å². The lowest BCUT2D eigenvalue weighted by atomic mass is 10.1. The summed E-state index contributed by atoms with van der Waals surface area (Å²) in [5, 5.41) is 8.89. The fourth-order valence-electron chi connectivity index (χ4n) is 2.43. The molecule has 23 heavy (non-hydrogen) atoms. The van der Waals surface area contributed by atoms with Crippen LogP contribution >= 0.6 is 39.9 Å². The van der Waals surface area contributed by atoms with Gasteiger partial charge in [0.05, 0.1) is 16.2 Å². The van der Waals surface area contributed by atoms with Gasteiger partial charge in [0.2, 0.25) is 0 Å². The highest BCUT2D eigenvalue weighted by molar-refractivity contribution is 9.10. The van der Waals surface area contributed by atoms with Gasteiger partial charge in [-0.3, -0.25) is 19.3 Å². The monoisotopic (exact) mass is 412 g/mol. The number of likely N-dealkylation sites (N-methyl/N-ethyl adjacent to an activating group) is 1. The van der Waals surface area contributed by atoms with Gasteiger partial charge in [0.1, 0.15) is 10.9 Å². The maximum absolute atomic E-state index is 12.6. The summed E-state index contributed by atoms with van der Waals surface area (Å²) in [6, 6.07) is 5.35. The highest BCUT2D eigenvalue weighted by atomic mass is 79.9. The molecule has 0 atom stereocenters. The molecule has 0 unspecified atom stereocenters. The minimum absolute atomic E-state index is 0.138. The van der Waals surface area contributed by atoms with Crippen molar-refractivity contribution < 1.29 is 19.5 Å². The Kier molecular flexibility index (Phi) is 4.03. The lowest BCUT2D eigenvalue weighted by Gasteiger charge is -2.10. The number of hydrogen-bond acceptors (Lipinski definition) is 5. The van der Waals surface area contributed by atoms with Gasteiger partial charge in [-0.25, -0.2) is 0 Å². The van der Waals surface area contributed by atoms with E-state index < -0.39 is 18.4 Å². The zero-order valence-electron chi connectivity index (χ0n) is 11.7. The van der Waals surface area contributed by atoms with E-state index in [2.05, 4.69) is 15.9 Å². The van der Waals surface area contributed by atoms with Crippen LogP contribution in [-0.4, -0.2) is 45.7 Å². The number of hydrogen-bond donors (Lipinski definition) is 1. The third-order valence-electron chi connectivity index (χ3n) is 3.48. The van der Waals surface area contributed by atoms with Crippen molar-refractivity contribution in [3.63, 3.8) is 0 Å². The number of benzene rings is 1. The van der Waals surface area contributed by atoms with E-state index in [1.165, 1.54) is 4.90 Å². The van der Waals surface area contributed by atoms with E-state index >= 15 is 0 Å². The van der Waals surface area contributed by atoms with Crippen molar-refractivity contribution in [1.82, 2.24) is 4.90 Å².